The molecule has 0 unspecified atom stereocenters. The van der Waals surface area contributed by atoms with Gasteiger partial charge in [0.25, 0.3) is 0 Å². The van der Waals surface area contributed by atoms with E-state index in [4.69, 9.17) is 25.7 Å². The molecule has 0 atom stereocenters. The topological polar surface area (TPSA) is 127 Å². The zero-order valence-electron chi connectivity index (χ0n) is 18.5. The van der Waals surface area contributed by atoms with Gasteiger partial charge in [0.05, 0.1) is 25.5 Å². The molecular weight excluding hydrogens is 394 g/mol. The van der Waals surface area contributed by atoms with Crippen LogP contribution in [0, 0.1) is 31.1 Å². The summed E-state index contributed by atoms with van der Waals surface area (Å²) in [5, 5.41) is 15.2. The molecule has 0 amide bonds. The van der Waals surface area contributed by atoms with E-state index < -0.39 is 0 Å². The van der Waals surface area contributed by atoms with Crippen LogP contribution in [0.25, 0.3) is 5.57 Å². The highest BCUT2D eigenvalue weighted by atomic mass is 16.5. The maximum absolute atomic E-state index is 7.88. The van der Waals surface area contributed by atoms with Gasteiger partial charge in [-0.1, -0.05) is 6.92 Å². The van der Waals surface area contributed by atoms with Gasteiger partial charge in [-0.15, -0.1) is 12.8 Å². The van der Waals surface area contributed by atoms with Crippen molar-refractivity contribution in [1.29, 1.82) is 5.41 Å². The number of terminal acetylenes is 1. The molecule has 2 aromatic rings. The quantitative estimate of drug-likeness (QED) is 0.457. The molecule has 1 saturated carbocycles. The van der Waals surface area contributed by atoms with Gasteiger partial charge in [0, 0.05) is 37.0 Å². The summed E-state index contributed by atoms with van der Waals surface area (Å²) >= 11 is 0. The van der Waals surface area contributed by atoms with Gasteiger partial charge in [0.2, 0.25) is 5.88 Å². The number of ether oxygens (including phenoxy) is 2. The van der Waals surface area contributed by atoms with Crippen LogP contribution in [0.1, 0.15) is 37.6 Å². The second-order valence-corrected chi connectivity index (χ2v) is 6.27. The first-order chi connectivity index (χ1) is 15.1. The zero-order valence-corrected chi connectivity index (χ0v) is 18.5. The molecule has 1 aliphatic carbocycles. The summed E-state index contributed by atoms with van der Waals surface area (Å²) in [6.45, 7) is 4.74. The van der Waals surface area contributed by atoms with E-state index in [9.17, 15) is 0 Å². The number of nitrogens with one attached hydrogen (secondary N) is 1. The predicted octanol–water partition coefficient (Wildman–Crippen LogP) is 3.25. The van der Waals surface area contributed by atoms with Crippen LogP contribution in [0.5, 0.6) is 11.6 Å². The van der Waals surface area contributed by atoms with Gasteiger partial charge >= 0.3 is 0 Å². The normalized spacial score (nSPS) is 11.9. The first kappa shape index (κ1) is 27.6. The number of hydrogen-bond acceptors (Lipinski definition) is 8. The van der Waals surface area contributed by atoms with E-state index in [1.807, 2.05) is 26.0 Å². The Labute approximate surface area is 185 Å². The maximum atomic E-state index is 7.88. The van der Waals surface area contributed by atoms with Crippen LogP contribution in [0.2, 0.25) is 0 Å². The minimum atomic E-state index is 0.319. The lowest BCUT2D eigenvalue weighted by Crippen LogP contribution is -2.06. The van der Waals surface area contributed by atoms with E-state index in [0.717, 1.165) is 12.2 Å². The Hall–Kier alpha value is -3.44. The number of pyridine rings is 1. The van der Waals surface area contributed by atoms with Crippen LogP contribution < -0.4 is 15.2 Å². The Bertz CT molecular complexity index is 788. The van der Waals surface area contributed by atoms with Crippen molar-refractivity contribution >= 4 is 11.8 Å². The van der Waals surface area contributed by atoms with Gasteiger partial charge in [-0.2, -0.15) is 4.98 Å². The molecule has 168 valence electrons. The van der Waals surface area contributed by atoms with Crippen molar-refractivity contribution < 1.29 is 14.6 Å². The average Bonchev–Trinajstić information content (AvgIpc) is 3.66. The largest absolute Gasteiger partial charge is 0.495 e. The fourth-order valence-corrected chi connectivity index (χ4v) is 1.92. The molecule has 1 aliphatic rings. The Morgan fingerprint density at radius 1 is 1.35 bits per heavy atom. The van der Waals surface area contributed by atoms with Crippen LogP contribution in [-0.2, 0) is 0 Å². The maximum Gasteiger partial charge on any atom is 0.224 e. The number of allylic oxidation sites excluding steroid dienone is 1. The number of hydrogen-bond donors (Lipinski definition) is 3. The van der Waals surface area contributed by atoms with Crippen molar-refractivity contribution in [1.82, 2.24) is 15.0 Å². The van der Waals surface area contributed by atoms with Crippen LogP contribution in [0.3, 0.4) is 0 Å². The summed E-state index contributed by atoms with van der Waals surface area (Å²) in [6, 6.07) is 3.69. The molecule has 2 aromatic heterocycles. The highest BCUT2D eigenvalue weighted by Gasteiger charge is 2.23. The predicted molar refractivity (Wildman–Crippen MR) is 124 cm³/mol. The lowest BCUT2D eigenvalue weighted by atomic mass is 10.1. The lowest BCUT2D eigenvalue weighted by molar-refractivity contribution is 0.286. The average molecular weight is 428 g/mol. The molecule has 2 heterocycles. The number of nitrogens with two attached hydrogens (primary N) is 1. The van der Waals surface area contributed by atoms with Crippen molar-refractivity contribution in [2.75, 3.05) is 20.3 Å². The molecule has 4 N–H and O–H groups in total. The molecule has 0 aromatic carbocycles. The summed E-state index contributed by atoms with van der Waals surface area (Å²) < 4.78 is 10.5. The van der Waals surface area contributed by atoms with E-state index in [0.29, 0.717) is 42.0 Å². The SMILES string of the molecule is C#C.CCCO.COc1cccnc1.Cc1ncc(/C(C=N)=C/N)c(OCC2CC2)n1. The molecule has 0 bridgehead atoms. The molecule has 1 fully saturated rings. The Morgan fingerprint density at radius 3 is 2.45 bits per heavy atom. The lowest BCUT2D eigenvalue weighted by Gasteiger charge is -2.10. The van der Waals surface area contributed by atoms with Crippen LogP contribution >= 0.6 is 0 Å². The molecular formula is C23H33N5O3. The molecule has 0 spiro atoms. The van der Waals surface area contributed by atoms with Gasteiger partial charge < -0.3 is 25.7 Å². The van der Waals surface area contributed by atoms with Crippen LogP contribution in [-0.4, -0.2) is 46.6 Å². The number of methoxy groups -OCH3 is 1. The summed E-state index contributed by atoms with van der Waals surface area (Å²) in [7, 11) is 1.62. The number of aryl methyl sites for hydroxylation is 1. The molecule has 8 nitrogen and oxygen atoms in total. The van der Waals surface area contributed by atoms with E-state index >= 15 is 0 Å². The fourth-order valence-electron chi connectivity index (χ4n) is 1.92. The van der Waals surface area contributed by atoms with E-state index in [-0.39, 0.29) is 0 Å². The van der Waals surface area contributed by atoms with Gasteiger partial charge in [-0.25, -0.2) is 4.98 Å². The number of aliphatic hydroxyl groups is 1. The van der Waals surface area contributed by atoms with Crippen molar-refractivity contribution in [3.05, 3.63) is 48.3 Å². The first-order valence-corrected chi connectivity index (χ1v) is 9.86. The fraction of sp³-hybridized carbons (Fsp3) is 0.391. The Balaban J connectivity index is 0.000000534. The second-order valence-electron chi connectivity index (χ2n) is 6.27. The van der Waals surface area contributed by atoms with Gasteiger partial charge in [-0.05, 0) is 44.2 Å². The molecule has 3 rings (SSSR count). The minimum Gasteiger partial charge on any atom is -0.495 e. The number of aliphatic hydroxyl groups excluding tert-OH is 1. The minimum absolute atomic E-state index is 0.319. The monoisotopic (exact) mass is 427 g/mol. The summed E-state index contributed by atoms with van der Waals surface area (Å²) in [5.74, 6) is 2.63. The summed E-state index contributed by atoms with van der Waals surface area (Å²) in [6.07, 6.45) is 18.9. The van der Waals surface area contributed by atoms with E-state index in [2.05, 4.69) is 27.8 Å². The third kappa shape index (κ3) is 12.0. The Morgan fingerprint density at radius 2 is 2.03 bits per heavy atom. The van der Waals surface area contributed by atoms with Crippen molar-refractivity contribution in [2.24, 2.45) is 11.7 Å². The van der Waals surface area contributed by atoms with Crippen LogP contribution in [0.4, 0.5) is 0 Å². The van der Waals surface area contributed by atoms with Gasteiger partial charge in [0.1, 0.15) is 11.6 Å². The Kier molecular flexibility index (Phi) is 15.5. The second kappa shape index (κ2) is 17.4. The number of rotatable bonds is 7. The zero-order chi connectivity index (χ0) is 23.5. The molecule has 0 aliphatic heterocycles. The van der Waals surface area contributed by atoms with Crippen LogP contribution in [0.15, 0.2) is 36.9 Å². The number of aromatic nitrogens is 3. The van der Waals surface area contributed by atoms with Crippen molar-refractivity contribution in [3.63, 3.8) is 0 Å². The summed E-state index contributed by atoms with van der Waals surface area (Å²) in [4.78, 5) is 12.2. The summed E-state index contributed by atoms with van der Waals surface area (Å²) in [5.41, 5.74) is 6.71. The van der Waals surface area contributed by atoms with Crippen molar-refractivity contribution in [2.45, 2.75) is 33.1 Å². The third-order valence-electron chi connectivity index (χ3n) is 3.77. The smallest absolute Gasteiger partial charge is 0.224 e. The molecule has 0 radical (unpaired) electrons. The van der Waals surface area contributed by atoms with E-state index in [1.54, 1.807) is 25.7 Å². The first-order valence-electron chi connectivity index (χ1n) is 9.86. The molecule has 31 heavy (non-hydrogen) atoms. The molecule has 8 heteroatoms. The third-order valence-corrected chi connectivity index (χ3v) is 3.77. The number of nitrogens with zero attached hydrogens (tertiary/aromatic N) is 3. The van der Waals surface area contributed by atoms with Crippen molar-refractivity contribution in [3.8, 4) is 24.5 Å². The highest BCUT2D eigenvalue weighted by Crippen LogP contribution is 2.30. The highest BCUT2D eigenvalue weighted by molar-refractivity contribution is 6.08. The standard InChI is InChI=1S/C12H16N4O.C6H7NO.C3H8O.C2H2/c1-8-15-6-11(10(4-13)5-14)12(16-8)17-7-9-2-3-9;1-8-6-3-2-4-7-5-6;1-2-3-4;1-2/h4-6,9,13H,2-3,7,14H2,1H3;2-5H,1H3;4H,2-3H2,1H3;1-2H/b10-5+,13-4?;;;. The van der Waals surface area contributed by atoms with Gasteiger partial charge in [-0.3, -0.25) is 4.98 Å². The van der Waals surface area contributed by atoms with Gasteiger partial charge in [0.15, 0.2) is 0 Å². The van der Waals surface area contributed by atoms with E-state index in [1.165, 1.54) is 25.3 Å². The molecule has 0 saturated heterocycles.